The number of aromatic nitrogens is 2. The number of nitrogens with zero attached hydrogens (tertiary/aromatic N) is 1. The molecular weight excluding hydrogens is 670 g/mol. The maximum Gasteiger partial charge on any atom is 0.247 e. The second-order valence-electron chi connectivity index (χ2n) is 13.5. The number of carbonyl (C=O) groups excluding carboxylic acids is 2. The van der Waals surface area contributed by atoms with E-state index in [9.17, 15) is 14.4 Å². The van der Waals surface area contributed by atoms with Gasteiger partial charge in [-0.15, -0.1) is 0 Å². The molecule has 1 aliphatic carbocycles. The van der Waals surface area contributed by atoms with Gasteiger partial charge in [0.2, 0.25) is 23.0 Å². The number of amides is 2. The van der Waals surface area contributed by atoms with E-state index in [4.69, 9.17) is 19.2 Å². The van der Waals surface area contributed by atoms with E-state index in [0.717, 1.165) is 40.8 Å². The highest BCUT2D eigenvalue weighted by molar-refractivity contribution is 5.98. The number of benzene rings is 3. The molecule has 4 aromatic carbocycles. The Bertz CT molecular complexity index is 2180. The van der Waals surface area contributed by atoms with Gasteiger partial charge in [-0.3, -0.25) is 14.4 Å². The van der Waals surface area contributed by atoms with Crippen molar-refractivity contribution in [3.63, 3.8) is 0 Å². The molecular formula is C42H47N5O6. The lowest BCUT2D eigenvalue weighted by Crippen LogP contribution is -2.40. The number of fused-ring (bicyclic) bond motifs is 4. The van der Waals surface area contributed by atoms with Gasteiger partial charge in [0.25, 0.3) is 0 Å². The molecule has 0 unspecified atom stereocenters. The van der Waals surface area contributed by atoms with Crippen LogP contribution in [-0.2, 0) is 28.9 Å². The molecule has 5 aromatic rings. The molecule has 53 heavy (non-hydrogen) atoms. The van der Waals surface area contributed by atoms with Crippen molar-refractivity contribution in [1.29, 1.82) is 0 Å². The van der Waals surface area contributed by atoms with Gasteiger partial charge in [0.15, 0.2) is 11.5 Å². The van der Waals surface area contributed by atoms with Gasteiger partial charge in [-0.05, 0) is 83.8 Å². The summed E-state index contributed by atoms with van der Waals surface area (Å²) in [5, 5.41) is 9.40. The predicted octanol–water partition coefficient (Wildman–Crippen LogP) is 6.99. The number of imidazole rings is 1. The second kappa shape index (κ2) is 16.2. The highest BCUT2D eigenvalue weighted by Gasteiger charge is 2.30. The topological polar surface area (TPSA) is 144 Å². The van der Waals surface area contributed by atoms with Crippen LogP contribution in [0.3, 0.4) is 0 Å². The standard InChI is InChI=1S/C42H47N5O6/c1-7-24(2)39(42(50)44-28-15-18-32-34(22-28)46-37(45-32)20-13-26-11-9-8-10-12-26)47-33-19-16-29-30(23-35(33)49)31(43-25(3)48)17-14-27-21-36(51-4)40(52-5)41(53-6)38(27)29/h8-12,15-16,18-19,21-24,31,39H,7,13-14,17,20H2,1-6H3,(H,43,48)(H,44,50)(H,45,46)(H,47,49)/t24-,31-,39+/m0/s1. The zero-order chi connectivity index (χ0) is 37.6. The van der Waals surface area contributed by atoms with Crippen LogP contribution in [0.4, 0.5) is 11.4 Å². The largest absolute Gasteiger partial charge is 0.493 e. The van der Waals surface area contributed by atoms with Gasteiger partial charge in [-0.1, -0.05) is 56.7 Å². The Balaban J connectivity index is 1.32. The third-order valence-electron chi connectivity index (χ3n) is 10.0. The predicted molar refractivity (Wildman–Crippen MR) is 208 cm³/mol. The molecule has 4 N–H and O–H groups in total. The average Bonchev–Trinajstić information content (AvgIpc) is 3.43. The fourth-order valence-electron chi connectivity index (χ4n) is 7.08. The Morgan fingerprint density at radius 3 is 2.42 bits per heavy atom. The smallest absolute Gasteiger partial charge is 0.247 e. The van der Waals surface area contributed by atoms with Crippen molar-refractivity contribution in [3.8, 4) is 28.4 Å². The van der Waals surface area contributed by atoms with E-state index < -0.39 is 12.1 Å². The van der Waals surface area contributed by atoms with Crippen LogP contribution in [0, 0.1) is 5.92 Å². The Morgan fingerprint density at radius 2 is 1.72 bits per heavy atom. The second-order valence-corrected chi connectivity index (χ2v) is 13.5. The van der Waals surface area contributed by atoms with Gasteiger partial charge >= 0.3 is 0 Å². The summed E-state index contributed by atoms with van der Waals surface area (Å²) >= 11 is 0. The fraction of sp³-hybridized carbons (Fsp3) is 0.333. The third kappa shape index (κ3) is 7.99. The van der Waals surface area contributed by atoms with E-state index in [1.54, 1.807) is 33.5 Å². The number of anilines is 2. The first-order valence-corrected chi connectivity index (χ1v) is 18.0. The van der Waals surface area contributed by atoms with E-state index in [2.05, 4.69) is 33.1 Å². The van der Waals surface area contributed by atoms with Crippen LogP contribution in [0.2, 0.25) is 0 Å². The van der Waals surface area contributed by atoms with Gasteiger partial charge in [0, 0.05) is 24.6 Å². The molecule has 1 aliphatic rings. The molecule has 0 spiro atoms. The first-order valence-electron chi connectivity index (χ1n) is 18.0. The summed E-state index contributed by atoms with van der Waals surface area (Å²) in [4.78, 5) is 48.5. The molecule has 0 radical (unpaired) electrons. The lowest BCUT2D eigenvalue weighted by molar-refractivity contribution is -0.120. The van der Waals surface area contributed by atoms with Gasteiger partial charge in [0.1, 0.15) is 11.9 Å². The quantitative estimate of drug-likeness (QED) is 0.102. The number of rotatable bonds is 13. The van der Waals surface area contributed by atoms with Gasteiger partial charge < -0.3 is 35.1 Å². The molecule has 0 bridgehead atoms. The summed E-state index contributed by atoms with van der Waals surface area (Å²) in [6.07, 6.45) is 3.45. The molecule has 1 heterocycles. The van der Waals surface area contributed by atoms with Crippen LogP contribution < -0.4 is 35.6 Å². The van der Waals surface area contributed by atoms with Crippen LogP contribution >= 0.6 is 0 Å². The third-order valence-corrected chi connectivity index (χ3v) is 10.0. The first kappa shape index (κ1) is 36.9. The van der Waals surface area contributed by atoms with E-state index in [-0.39, 0.29) is 28.8 Å². The van der Waals surface area contributed by atoms with Crippen molar-refractivity contribution in [2.24, 2.45) is 5.92 Å². The van der Waals surface area contributed by atoms with Crippen LogP contribution in [0.25, 0.3) is 22.2 Å². The number of aromatic amines is 1. The van der Waals surface area contributed by atoms with Gasteiger partial charge in [0.05, 0.1) is 44.1 Å². The molecule has 0 fully saturated rings. The van der Waals surface area contributed by atoms with Crippen LogP contribution in [0.1, 0.15) is 62.2 Å². The molecule has 0 saturated carbocycles. The SMILES string of the molecule is CC[C@H](C)[C@@H](Nc1ccc2c(cc1=O)[C@@H](NC(C)=O)CCc1cc(OC)c(OC)c(OC)c1-2)C(=O)Nc1ccc2nc(CCc3ccccc3)[nH]c2c1. The maximum absolute atomic E-state index is 14.1. The van der Waals surface area contributed by atoms with Crippen LogP contribution in [0.15, 0.2) is 77.6 Å². The fourth-order valence-corrected chi connectivity index (χ4v) is 7.08. The number of carbonyl (C=O) groups is 2. The summed E-state index contributed by atoms with van der Waals surface area (Å²) in [7, 11) is 4.68. The summed E-state index contributed by atoms with van der Waals surface area (Å²) < 4.78 is 17.3. The minimum Gasteiger partial charge on any atom is -0.493 e. The van der Waals surface area contributed by atoms with Crippen molar-refractivity contribution in [3.05, 3.63) is 106 Å². The van der Waals surface area contributed by atoms with Gasteiger partial charge in [-0.2, -0.15) is 0 Å². The summed E-state index contributed by atoms with van der Waals surface area (Å²) in [6, 6.07) is 21.7. The molecule has 1 aromatic heterocycles. The van der Waals surface area contributed by atoms with E-state index in [0.29, 0.717) is 53.3 Å². The van der Waals surface area contributed by atoms with Crippen molar-refractivity contribution >= 4 is 34.2 Å². The number of ether oxygens (including phenoxy) is 3. The van der Waals surface area contributed by atoms with Crippen LogP contribution in [0.5, 0.6) is 17.2 Å². The zero-order valence-corrected chi connectivity index (χ0v) is 31.1. The minimum absolute atomic E-state index is 0.122. The number of aryl methyl sites for hydroxylation is 3. The molecule has 11 heteroatoms. The molecule has 3 atom stereocenters. The number of H-pyrrole nitrogens is 1. The summed E-state index contributed by atoms with van der Waals surface area (Å²) in [5.41, 5.74) is 6.49. The number of nitrogens with one attached hydrogen (secondary N) is 4. The average molecular weight is 718 g/mol. The molecule has 0 aliphatic heterocycles. The molecule has 0 saturated heterocycles. The monoisotopic (exact) mass is 717 g/mol. The highest BCUT2D eigenvalue weighted by Crippen LogP contribution is 2.50. The van der Waals surface area contributed by atoms with Crippen molar-refractivity contribution in [1.82, 2.24) is 15.3 Å². The Morgan fingerprint density at radius 1 is 0.943 bits per heavy atom. The van der Waals surface area contributed by atoms with Gasteiger partial charge in [-0.25, -0.2) is 4.98 Å². The maximum atomic E-state index is 14.1. The van der Waals surface area contributed by atoms with Crippen LogP contribution in [-0.4, -0.2) is 49.2 Å². The summed E-state index contributed by atoms with van der Waals surface area (Å²) in [5.74, 6) is 1.69. The van der Waals surface area contributed by atoms with E-state index in [1.807, 2.05) is 62.4 Å². The Hall–Kier alpha value is -5.84. The first-order chi connectivity index (χ1) is 25.6. The summed E-state index contributed by atoms with van der Waals surface area (Å²) in [6.45, 7) is 5.45. The number of methoxy groups -OCH3 is 3. The lowest BCUT2D eigenvalue weighted by atomic mass is 9.95. The van der Waals surface area contributed by atoms with E-state index >= 15 is 0 Å². The molecule has 6 rings (SSSR count). The minimum atomic E-state index is -0.730. The highest BCUT2D eigenvalue weighted by atomic mass is 16.5. The Kier molecular flexibility index (Phi) is 11.3. The number of hydrogen-bond donors (Lipinski definition) is 4. The molecule has 2 amide bonds. The normalized spacial score (nSPS) is 14.6. The van der Waals surface area contributed by atoms with Crippen molar-refractivity contribution in [2.45, 2.75) is 65.0 Å². The number of hydrogen-bond acceptors (Lipinski definition) is 8. The molecule has 11 nitrogen and oxygen atoms in total. The zero-order valence-electron chi connectivity index (χ0n) is 31.1. The Labute approximate surface area is 309 Å². The van der Waals surface area contributed by atoms with E-state index in [1.165, 1.54) is 12.5 Å². The van der Waals surface area contributed by atoms with Crippen molar-refractivity contribution < 1.29 is 23.8 Å². The lowest BCUT2D eigenvalue weighted by Gasteiger charge is -2.24. The molecule has 276 valence electrons. The van der Waals surface area contributed by atoms with Crippen molar-refractivity contribution in [2.75, 3.05) is 32.0 Å².